The second-order valence-electron chi connectivity index (χ2n) is 6.53. The number of guanidine groups is 1. The van der Waals surface area contributed by atoms with Crippen molar-refractivity contribution < 1.29 is 4.74 Å². The molecule has 0 atom stereocenters. The molecule has 0 amide bonds. The highest BCUT2D eigenvalue weighted by molar-refractivity contribution is 14.0. The maximum atomic E-state index is 5.69. The van der Waals surface area contributed by atoms with Gasteiger partial charge in [0.2, 0.25) is 0 Å². The Bertz CT molecular complexity index is 877. The number of hydrogen-bond acceptors (Lipinski definition) is 2. The Balaban J connectivity index is 0.00000280. The predicted molar refractivity (Wildman–Crippen MR) is 128 cm³/mol. The molecule has 1 aromatic heterocycles. The number of aliphatic imine (C=N–C) groups is 1. The van der Waals surface area contributed by atoms with Crippen molar-refractivity contribution in [1.82, 2.24) is 15.6 Å². The van der Waals surface area contributed by atoms with Crippen LogP contribution in [0.2, 0.25) is 0 Å². The fourth-order valence-corrected chi connectivity index (χ4v) is 3.19. The summed E-state index contributed by atoms with van der Waals surface area (Å²) in [4.78, 5) is 7.63. The molecule has 0 aliphatic rings. The first-order chi connectivity index (χ1) is 13.3. The number of nitrogens with zero attached hydrogens (tertiary/aromatic N) is 1. The van der Waals surface area contributed by atoms with E-state index < -0.39 is 0 Å². The molecule has 150 valence electrons. The zero-order valence-electron chi connectivity index (χ0n) is 16.5. The Labute approximate surface area is 184 Å². The quantitative estimate of drug-likeness (QED) is 0.193. The molecule has 3 N–H and O–H groups in total. The van der Waals surface area contributed by atoms with Crippen LogP contribution in [0.1, 0.15) is 16.7 Å². The molecule has 2 aromatic carbocycles. The lowest BCUT2D eigenvalue weighted by molar-refractivity contribution is 0.125. The van der Waals surface area contributed by atoms with Gasteiger partial charge >= 0.3 is 0 Å². The Morgan fingerprint density at radius 3 is 2.61 bits per heavy atom. The van der Waals surface area contributed by atoms with Crippen LogP contribution in [0.5, 0.6) is 0 Å². The summed E-state index contributed by atoms with van der Waals surface area (Å²) in [6.07, 6.45) is 3.04. The van der Waals surface area contributed by atoms with Crippen molar-refractivity contribution in [2.45, 2.75) is 20.0 Å². The van der Waals surface area contributed by atoms with Gasteiger partial charge in [-0.2, -0.15) is 0 Å². The third-order valence-electron chi connectivity index (χ3n) is 4.56. The van der Waals surface area contributed by atoms with Gasteiger partial charge in [0.05, 0.1) is 13.2 Å². The van der Waals surface area contributed by atoms with Crippen LogP contribution in [-0.4, -0.2) is 37.7 Å². The molecule has 0 aliphatic heterocycles. The second-order valence-corrected chi connectivity index (χ2v) is 6.53. The normalized spacial score (nSPS) is 11.3. The van der Waals surface area contributed by atoms with Gasteiger partial charge in [-0.25, -0.2) is 0 Å². The van der Waals surface area contributed by atoms with E-state index >= 15 is 0 Å². The monoisotopic (exact) mass is 492 g/mol. The van der Waals surface area contributed by atoms with E-state index in [-0.39, 0.29) is 24.0 Å². The Morgan fingerprint density at radius 2 is 1.82 bits per heavy atom. The average Bonchev–Trinajstić information content (AvgIpc) is 3.11. The van der Waals surface area contributed by atoms with Crippen LogP contribution in [0.3, 0.4) is 0 Å². The molecule has 28 heavy (non-hydrogen) atoms. The van der Waals surface area contributed by atoms with Gasteiger partial charge in [-0.1, -0.05) is 42.5 Å². The molecule has 5 nitrogen and oxygen atoms in total. The number of aryl methyl sites for hydroxylation is 1. The van der Waals surface area contributed by atoms with Gasteiger partial charge in [-0.15, -0.1) is 24.0 Å². The van der Waals surface area contributed by atoms with Crippen molar-refractivity contribution >= 4 is 40.8 Å². The van der Waals surface area contributed by atoms with Gasteiger partial charge < -0.3 is 20.4 Å². The summed E-state index contributed by atoms with van der Waals surface area (Å²) >= 11 is 0. The maximum absolute atomic E-state index is 5.69. The van der Waals surface area contributed by atoms with E-state index in [9.17, 15) is 0 Å². The first-order valence-electron chi connectivity index (χ1n) is 9.39. The highest BCUT2D eigenvalue weighted by atomic mass is 127. The third kappa shape index (κ3) is 6.24. The minimum Gasteiger partial charge on any atom is -0.375 e. The van der Waals surface area contributed by atoms with Gasteiger partial charge in [0.1, 0.15) is 0 Å². The molecule has 0 fully saturated rings. The number of aromatic nitrogens is 1. The number of benzene rings is 2. The van der Waals surface area contributed by atoms with Gasteiger partial charge in [0.25, 0.3) is 0 Å². The Morgan fingerprint density at radius 1 is 1.04 bits per heavy atom. The van der Waals surface area contributed by atoms with E-state index in [1.165, 1.54) is 27.6 Å². The average molecular weight is 492 g/mol. The van der Waals surface area contributed by atoms with E-state index in [1.807, 2.05) is 18.2 Å². The van der Waals surface area contributed by atoms with Crippen molar-refractivity contribution in [1.29, 1.82) is 0 Å². The Hall–Kier alpha value is -2.06. The van der Waals surface area contributed by atoms with E-state index in [4.69, 9.17) is 4.74 Å². The fourth-order valence-electron chi connectivity index (χ4n) is 3.19. The second kappa shape index (κ2) is 11.7. The van der Waals surface area contributed by atoms with Crippen molar-refractivity contribution in [3.05, 3.63) is 71.4 Å². The van der Waals surface area contributed by atoms with Crippen molar-refractivity contribution in [3.63, 3.8) is 0 Å². The van der Waals surface area contributed by atoms with Crippen LogP contribution in [0.4, 0.5) is 0 Å². The van der Waals surface area contributed by atoms with Crippen molar-refractivity contribution in [2.24, 2.45) is 4.99 Å². The van der Waals surface area contributed by atoms with Crippen LogP contribution in [0.25, 0.3) is 10.9 Å². The maximum Gasteiger partial charge on any atom is 0.191 e. The van der Waals surface area contributed by atoms with E-state index in [0.29, 0.717) is 13.2 Å². The zero-order valence-corrected chi connectivity index (χ0v) is 18.8. The van der Waals surface area contributed by atoms with E-state index in [1.54, 1.807) is 7.05 Å². The first-order valence-corrected chi connectivity index (χ1v) is 9.39. The molecular formula is C22H29IN4O. The standard InChI is InChI=1S/C22H28N4O.HI/c1-17-7-6-10-20-21(17)19(15-26-20)11-12-24-22(23-2)25-13-14-27-16-18-8-4-3-5-9-18;/h3-10,15,26H,11-14,16H2,1-2H3,(H2,23,24,25);1H. The zero-order chi connectivity index (χ0) is 18.9. The summed E-state index contributed by atoms with van der Waals surface area (Å²) in [5.41, 5.74) is 5.02. The number of nitrogens with one attached hydrogen (secondary N) is 3. The van der Waals surface area contributed by atoms with Gasteiger partial charge in [-0.05, 0) is 36.1 Å². The molecule has 1 heterocycles. The van der Waals surface area contributed by atoms with E-state index in [2.05, 4.69) is 64.1 Å². The molecule has 0 bridgehead atoms. The van der Waals surface area contributed by atoms with Gasteiger partial charge in [0.15, 0.2) is 5.96 Å². The number of H-pyrrole nitrogens is 1. The first kappa shape index (κ1) is 22.2. The summed E-state index contributed by atoms with van der Waals surface area (Å²) in [7, 11) is 1.79. The molecule has 0 saturated carbocycles. The molecule has 0 radical (unpaired) electrons. The summed E-state index contributed by atoms with van der Waals surface area (Å²) in [5, 5.41) is 7.99. The molecule has 3 aromatic rings. The lowest BCUT2D eigenvalue weighted by Gasteiger charge is -2.12. The molecule has 0 unspecified atom stereocenters. The number of rotatable bonds is 8. The van der Waals surface area contributed by atoms with Crippen LogP contribution in [-0.2, 0) is 17.8 Å². The van der Waals surface area contributed by atoms with Crippen LogP contribution >= 0.6 is 24.0 Å². The fraction of sp³-hybridized carbons (Fsp3) is 0.318. The van der Waals surface area contributed by atoms with Crippen LogP contribution < -0.4 is 10.6 Å². The minimum absolute atomic E-state index is 0. The summed E-state index contributed by atoms with van der Waals surface area (Å²) in [5.74, 6) is 0.801. The number of aromatic amines is 1. The minimum atomic E-state index is 0. The molecule has 0 aliphatic carbocycles. The summed E-state index contributed by atoms with van der Waals surface area (Å²) in [6.45, 7) is 4.97. The number of fused-ring (bicyclic) bond motifs is 1. The van der Waals surface area contributed by atoms with E-state index in [0.717, 1.165) is 25.5 Å². The highest BCUT2D eigenvalue weighted by Gasteiger charge is 2.06. The molecule has 0 spiro atoms. The van der Waals surface area contributed by atoms with Gasteiger partial charge in [0, 0.05) is 37.2 Å². The predicted octanol–water partition coefficient (Wildman–Crippen LogP) is 4.02. The van der Waals surface area contributed by atoms with Crippen LogP contribution in [0, 0.1) is 6.92 Å². The SMILES string of the molecule is CN=C(NCCOCc1ccccc1)NCCc1c[nH]c2cccc(C)c12.I. The number of hydrogen-bond donors (Lipinski definition) is 3. The summed E-state index contributed by atoms with van der Waals surface area (Å²) < 4.78 is 5.69. The van der Waals surface area contributed by atoms with Gasteiger partial charge in [-0.3, -0.25) is 4.99 Å². The van der Waals surface area contributed by atoms with Crippen LogP contribution in [0.15, 0.2) is 59.7 Å². The molecule has 3 rings (SSSR count). The molecular weight excluding hydrogens is 463 g/mol. The largest absolute Gasteiger partial charge is 0.375 e. The molecule has 0 saturated heterocycles. The lowest BCUT2D eigenvalue weighted by Crippen LogP contribution is -2.39. The topological polar surface area (TPSA) is 61.4 Å². The number of ether oxygens (including phenoxy) is 1. The third-order valence-corrected chi connectivity index (χ3v) is 4.56. The lowest BCUT2D eigenvalue weighted by atomic mass is 10.1. The Kier molecular flexibility index (Phi) is 9.30. The highest BCUT2D eigenvalue weighted by Crippen LogP contribution is 2.22. The summed E-state index contributed by atoms with van der Waals surface area (Å²) in [6, 6.07) is 16.6. The smallest absolute Gasteiger partial charge is 0.191 e. The van der Waals surface area contributed by atoms with Crippen molar-refractivity contribution in [2.75, 3.05) is 26.7 Å². The molecule has 6 heteroatoms. The van der Waals surface area contributed by atoms with Crippen molar-refractivity contribution in [3.8, 4) is 0 Å². The number of halogens is 1.